The highest BCUT2D eigenvalue weighted by Crippen LogP contribution is 1.97. The highest BCUT2D eigenvalue weighted by Gasteiger charge is 1.92. The third-order valence-electron chi connectivity index (χ3n) is 1.06. The lowest BCUT2D eigenvalue weighted by atomic mass is 10.4. The van der Waals surface area contributed by atoms with Crippen molar-refractivity contribution in [2.75, 3.05) is 0 Å². The second-order valence-electron chi connectivity index (χ2n) is 1.81. The largest absolute Gasteiger partial charge is 0.508 e. The summed E-state index contributed by atoms with van der Waals surface area (Å²) in [5.41, 5.74) is 0.431. The minimum absolute atomic E-state index is 0.129. The zero-order chi connectivity index (χ0) is 7.40. The van der Waals surface area contributed by atoms with Crippen LogP contribution in [0.2, 0.25) is 0 Å². The summed E-state index contributed by atoms with van der Waals surface area (Å²) in [5, 5.41) is 11.5. The Kier molecular flexibility index (Phi) is 1.89. The van der Waals surface area contributed by atoms with Crippen LogP contribution in [-0.4, -0.2) is 11.4 Å². The summed E-state index contributed by atoms with van der Waals surface area (Å²) in [6.07, 6.45) is 6.59. The van der Waals surface area contributed by atoms with Gasteiger partial charge in [0.15, 0.2) is 6.29 Å². The van der Waals surface area contributed by atoms with Crippen molar-refractivity contribution in [3.05, 3.63) is 35.9 Å². The van der Waals surface area contributed by atoms with Gasteiger partial charge in [-0.3, -0.25) is 4.79 Å². The fourth-order valence-corrected chi connectivity index (χ4v) is 0.575. The van der Waals surface area contributed by atoms with E-state index in [0.29, 0.717) is 12.0 Å². The van der Waals surface area contributed by atoms with Crippen molar-refractivity contribution in [3.8, 4) is 0 Å². The van der Waals surface area contributed by atoms with E-state index in [1.54, 1.807) is 0 Å². The Balaban J connectivity index is 2.83. The molecule has 3 nitrogen and oxygen atoms in total. The molecule has 0 radical (unpaired) electrons. The number of allylic oxidation sites excluding steroid dienone is 4. The normalized spacial score (nSPS) is 16.4. The first-order valence-corrected chi connectivity index (χ1v) is 2.82. The first kappa shape index (κ1) is 6.61. The van der Waals surface area contributed by atoms with Crippen molar-refractivity contribution in [2.45, 2.75) is 0 Å². The Labute approximate surface area is 58.4 Å². The van der Waals surface area contributed by atoms with Gasteiger partial charge in [-0.1, -0.05) is 0 Å². The molecular weight excluding hydrogens is 130 g/mol. The molecule has 1 aliphatic rings. The standard InChI is InChI=1S/C7H7NO2/c9-5-6-1-2-7(10)3-4-8-6/h1-5,8,10H. The van der Waals surface area contributed by atoms with Crippen molar-refractivity contribution in [1.29, 1.82) is 0 Å². The molecule has 0 unspecified atom stereocenters. The predicted octanol–water partition coefficient (Wildman–Crippen LogP) is 0.628. The molecule has 2 N–H and O–H groups in total. The molecular formula is C7H7NO2. The van der Waals surface area contributed by atoms with Crippen LogP contribution >= 0.6 is 0 Å². The number of hydrogen-bond acceptors (Lipinski definition) is 3. The van der Waals surface area contributed by atoms with Crippen LogP contribution in [0.5, 0.6) is 0 Å². The molecule has 0 aromatic carbocycles. The maximum atomic E-state index is 10.1. The summed E-state index contributed by atoms with van der Waals surface area (Å²) in [6, 6.07) is 0. The van der Waals surface area contributed by atoms with Gasteiger partial charge in [-0.25, -0.2) is 0 Å². The van der Waals surface area contributed by atoms with Crippen LogP contribution in [-0.2, 0) is 4.79 Å². The molecule has 10 heavy (non-hydrogen) atoms. The van der Waals surface area contributed by atoms with Gasteiger partial charge in [-0.2, -0.15) is 0 Å². The Morgan fingerprint density at radius 2 is 2.30 bits per heavy atom. The fraction of sp³-hybridized carbons (Fsp3) is 0. The van der Waals surface area contributed by atoms with E-state index in [1.165, 1.54) is 24.4 Å². The highest BCUT2D eigenvalue weighted by atomic mass is 16.3. The Morgan fingerprint density at radius 1 is 1.50 bits per heavy atom. The first-order chi connectivity index (χ1) is 4.83. The molecule has 0 atom stereocenters. The van der Waals surface area contributed by atoms with Crippen LogP contribution < -0.4 is 5.32 Å². The van der Waals surface area contributed by atoms with Gasteiger partial charge in [-0.15, -0.1) is 0 Å². The number of aldehydes is 1. The van der Waals surface area contributed by atoms with Crippen LogP contribution in [0.3, 0.4) is 0 Å². The quantitative estimate of drug-likeness (QED) is 0.521. The van der Waals surface area contributed by atoms with E-state index in [0.717, 1.165) is 0 Å². The summed E-state index contributed by atoms with van der Waals surface area (Å²) < 4.78 is 0. The van der Waals surface area contributed by atoms with Crippen LogP contribution in [0.4, 0.5) is 0 Å². The van der Waals surface area contributed by atoms with E-state index in [9.17, 15) is 4.79 Å². The average molecular weight is 137 g/mol. The van der Waals surface area contributed by atoms with Crippen molar-refractivity contribution in [1.82, 2.24) is 5.32 Å². The Morgan fingerprint density at radius 3 is 3.00 bits per heavy atom. The number of aliphatic hydroxyl groups excluding tert-OH is 1. The SMILES string of the molecule is O=CC1=CC=C(O)C=CN1. The number of nitrogens with one attached hydrogen (secondary N) is 1. The number of aliphatic hydroxyl groups is 1. The summed E-state index contributed by atoms with van der Waals surface area (Å²) >= 11 is 0. The smallest absolute Gasteiger partial charge is 0.166 e. The molecule has 1 heterocycles. The molecule has 0 spiro atoms. The molecule has 0 fully saturated rings. The van der Waals surface area contributed by atoms with Gasteiger partial charge in [-0.05, 0) is 18.2 Å². The monoisotopic (exact) mass is 137 g/mol. The third-order valence-corrected chi connectivity index (χ3v) is 1.06. The Bertz CT molecular complexity index is 226. The van der Waals surface area contributed by atoms with Gasteiger partial charge < -0.3 is 10.4 Å². The highest BCUT2D eigenvalue weighted by molar-refractivity contribution is 5.73. The van der Waals surface area contributed by atoms with Crippen molar-refractivity contribution in [3.63, 3.8) is 0 Å². The molecule has 0 aromatic heterocycles. The van der Waals surface area contributed by atoms with Gasteiger partial charge >= 0.3 is 0 Å². The van der Waals surface area contributed by atoms with E-state index in [1.807, 2.05) is 0 Å². The van der Waals surface area contributed by atoms with E-state index in [2.05, 4.69) is 5.32 Å². The van der Waals surface area contributed by atoms with Gasteiger partial charge in [0.25, 0.3) is 0 Å². The predicted molar refractivity (Wildman–Crippen MR) is 37.1 cm³/mol. The minimum Gasteiger partial charge on any atom is -0.508 e. The minimum atomic E-state index is 0.129. The molecule has 1 aliphatic heterocycles. The second kappa shape index (κ2) is 2.87. The molecule has 0 saturated heterocycles. The first-order valence-electron chi connectivity index (χ1n) is 2.82. The molecule has 0 bridgehead atoms. The van der Waals surface area contributed by atoms with Gasteiger partial charge in [0.1, 0.15) is 5.76 Å². The Hall–Kier alpha value is -1.51. The maximum absolute atomic E-state index is 10.1. The average Bonchev–Trinajstić information content (AvgIpc) is 2.14. The summed E-state index contributed by atoms with van der Waals surface area (Å²) in [7, 11) is 0. The summed E-state index contributed by atoms with van der Waals surface area (Å²) in [6.45, 7) is 0. The summed E-state index contributed by atoms with van der Waals surface area (Å²) in [5.74, 6) is 0.129. The molecule has 0 saturated carbocycles. The topological polar surface area (TPSA) is 49.3 Å². The third kappa shape index (κ3) is 1.48. The van der Waals surface area contributed by atoms with Crippen LogP contribution in [0.1, 0.15) is 0 Å². The lowest BCUT2D eigenvalue weighted by Crippen LogP contribution is -2.03. The lowest BCUT2D eigenvalue weighted by Gasteiger charge is -1.91. The van der Waals surface area contributed by atoms with Crippen LogP contribution in [0.25, 0.3) is 0 Å². The molecule has 0 amide bonds. The van der Waals surface area contributed by atoms with Gasteiger partial charge in [0.05, 0.1) is 5.70 Å². The zero-order valence-corrected chi connectivity index (χ0v) is 5.24. The van der Waals surface area contributed by atoms with E-state index < -0.39 is 0 Å². The number of carbonyl (C=O) groups is 1. The molecule has 52 valence electrons. The lowest BCUT2D eigenvalue weighted by molar-refractivity contribution is -0.105. The van der Waals surface area contributed by atoms with Gasteiger partial charge in [0.2, 0.25) is 0 Å². The maximum Gasteiger partial charge on any atom is 0.166 e. The fourth-order valence-electron chi connectivity index (χ4n) is 0.575. The van der Waals surface area contributed by atoms with E-state index >= 15 is 0 Å². The number of hydrogen-bond donors (Lipinski definition) is 2. The van der Waals surface area contributed by atoms with Crippen LogP contribution in [0.15, 0.2) is 35.9 Å². The second-order valence-corrected chi connectivity index (χ2v) is 1.81. The van der Waals surface area contributed by atoms with E-state index in [4.69, 9.17) is 5.11 Å². The van der Waals surface area contributed by atoms with Gasteiger partial charge in [0, 0.05) is 6.20 Å². The summed E-state index contributed by atoms with van der Waals surface area (Å²) in [4.78, 5) is 10.1. The van der Waals surface area contributed by atoms with Crippen LogP contribution in [0, 0.1) is 0 Å². The van der Waals surface area contributed by atoms with Crippen molar-refractivity contribution in [2.24, 2.45) is 0 Å². The molecule has 1 rings (SSSR count). The molecule has 0 aromatic rings. The number of rotatable bonds is 1. The molecule has 0 aliphatic carbocycles. The van der Waals surface area contributed by atoms with Crippen molar-refractivity contribution >= 4 is 6.29 Å². The van der Waals surface area contributed by atoms with Crippen molar-refractivity contribution < 1.29 is 9.90 Å². The zero-order valence-electron chi connectivity index (χ0n) is 5.24. The number of carbonyl (C=O) groups excluding carboxylic acids is 1. The van der Waals surface area contributed by atoms with E-state index in [-0.39, 0.29) is 5.76 Å². The molecule has 3 heteroatoms.